The molecule has 0 radical (unpaired) electrons. The Labute approximate surface area is 155 Å². The summed E-state index contributed by atoms with van der Waals surface area (Å²) in [4.78, 5) is 13.9. The molecule has 0 saturated heterocycles. The largest absolute Gasteiger partial charge is 0.491 e. The van der Waals surface area contributed by atoms with Gasteiger partial charge < -0.3 is 20.4 Å². The summed E-state index contributed by atoms with van der Waals surface area (Å²) in [6, 6.07) is 3.45. The zero-order chi connectivity index (χ0) is 18.1. The number of aryl methyl sites for hydroxylation is 1. The number of nitrogen functional groups attached to an aromatic ring is 1. The lowest BCUT2D eigenvalue weighted by molar-refractivity contribution is 0.261. The first-order valence-corrected chi connectivity index (χ1v) is 8.50. The molecule has 3 rings (SSSR count). The predicted octanol–water partition coefficient (Wildman–Crippen LogP) is 3.76. The number of fused-ring (bicyclic) bond motifs is 1. The minimum absolute atomic E-state index is 0.186. The van der Waals surface area contributed by atoms with E-state index in [2.05, 4.69) is 15.0 Å². The minimum atomic E-state index is 0.186. The van der Waals surface area contributed by atoms with Crippen molar-refractivity contribution in [2.24, 2.45) is 0 Å². The molecule has 3 aromatic rings. The number of nitrogens with one attached hydrogen (secondary N) is 1. The zero-order valence-corrected chi connectivity index (χ0v) is 15.7. The summed E-state index contributed by atoms with van der Waals surface area (Å²) in [5.74, 6) is 0.739. The van der Waals surface area contributed by atoms with Gasteiger partial charge in [-0.2, -0.15) is 0 Å². The molecule has 0 fully saturated rings. The Bertz CT molecular complexity index is 923. The molecule has 8 heteroatoms. The fraction of sp³-hybridized carbons (Fsp3) is 0.294. The quantitative estimate of drug-likeness (QED) is 0.705. The molecule has 0 unspecified atom stereocenters. The topological polar surface area (TPSA) is 80.1 Å². The molecule has 132 valence electrons. The van der Waals surface area contributed by atoms with Crippen LogP contribution in [0, 0.1) is 6.92 Å². The van der Waals surface area contributed by atoms with E-state index in [-0.39, 0.29) is 5.95 Å². The number of nitrogens with two attached hydrogens (primary N) is 1. The smallest absolute Gasteiger partial charge is 0.221 e. The Kier molecular flexibility index (Phi) is 5.03. The van der Waals surface area contributed by atoms with Crippen molar-refractivity contribution in [2.45, 2.75) is 6.92 Å². The van der Waals surface area contributed by atoms with E-state index in [0.717, 1.165) is 23.1 Å². The first kappa shape index (κ1) is 17.8. The Morgan fingerprint density at radius 3 is 2.68 bits per heavy atom. The maximum Gasteiger partial charge on any atom is 0.221 e. The van der Waals surface area contributed by atoms with Crippen LogP contribution in [0.15, 0.2) is 18.3 Å². The lowest BCUT2D eigenvalue weighted by Crippen LogP contribution is -2.19. The van der Waals surface area contributed by atoms with Gasteiger partial charge in [-0.1, -0.05) is 23.2 Å². The first-order chi connectivity index (χ1) is 11.9. The van der Waals surface area contributed by atoms with E-state index in [4.69, 9.17) is 33.7 Å². The average molecular weight is 380 g/mol. The highest BCUT2D eigenvalue weighted by Gasteiger charge is 2.17. The van der Waals surface area contributed by atoms with Crippen LogP contribution < -0.4 is 10.5 Å². The Morgan fingerprint density at radius 1 is 1.20 bits per heavy atom. The fourth-order valence-electron chi connectivity index (χ4n) is 2.50. The summed E-state index contributed by atoms with van der Waals surface area (Å²) >= 11 is 12.7. The lowest BCUT2D eigenvalue weighted by atomic mass is 10.1. The second-order valence-corrected chi connectivity index (χ2v) is 6.85. The van der Waals surface area contributed by atoms with Crippen molar-refractivity contribution in [1.29, 1.82) is 0 Å². The Morgan fingerprint density at radius 2 is 1.96 bits per heavy atom. The monoisotopic (exact) mass is 379 g/mol. The van der Waals surface area contributed by atoms with E-state index in [0.29, 0.717) is 33.7 Å². The van der Waals surface area contributed by atoms with Crippen LogP contribution in [0.3, 0.4) is 0 Å². The zero-order valence-electron chi connectivity index (χ0n) is 14.2. The molecular weight excluding hydrogens is 361 g/mol. The molecule has 3 N–H and O–H groups in total. The van der Waals surface area contributed by atoms with Crippen LogP contribution in [0.1, 0.15) is 5.56 Å². The van der Waals surface area contributed by atoms with E-state index in [1.54, 1.807) is 12.1 Å². The van der Waals surface area contributed by atoms with Crippen molar-refractivity contribution < 1.29 is 4.74 Å². The van der Waals surface area contributed by atoms with Gasteiger partial charge in [-0.3, -0.25) is 0 Å². The highest BCUT2D eigenvalue weighted by atomic mass is 35.5. The van der Waals surface area contributed by atoms with Crippen LogP contribution >= 0.6 is 23.2 Å². The summed E-state index contributed by atoms with van der Waals surface area (Å²) in [7, 11) is 3.96. The third-order valence-electron chi connectivity index (χ3n) is 3.81. The van der Waals surface area contributed by atoms with Crippen molar-refractivity contribution in [3.63, 3.8) is 0 Å². The molecule has 2 aromatic heterocycles. The van der Waals surface area contributed by atoms with Crippen molar-refractivity contribution in [1.82, 2.24) is 19.9 Å². The number of anilines is 1. The third-order valence-corrected chi connectivity index (χ3v) is 4.41. The number of benzene rings is 1. The summed E-state index contributed by atoms with van der Waals surface area (Å²) in [5.41, 5.74) is 9.71. The summed E-state index contributed by atoms with van der Waals surface area (Å²) in [5, 5.41) is 0.921. The van der Waals surface area contributed by atoms with E-state index in [1.165, 1.54) is 0 Å². The van der Waals surface area contributed by atoms with Gasteiger partial charge in [-0.25, -0.2) is 9.97 Å². The average Bonchev–Trinajstić information content (AvgIpc) is 2.90. The highest BCUT2D eigenvalue weighted by molar-refractivity contribution is 6.37. The molecule has 0 atom stereocenters. The van der Waals surface area contributed by atoms with Crippen LogP contribution in [0.4, 0.5) is 5.95 Å². The van der Waals surface area contributed by atoms with E-state index in [9.17, 15) is 0 Å². The molecule has 1 aromatic carbocycles. The molecule has 0 amide bonds. The number of H-pyrrole nitrogens is 1. The number of hydrogen-bond donors (Lipinski definition) is 2. The molecule has 0 saturated carbocycles. The molecule has 25 heavy (non-hydrogen) atoms. The maximum atomic E-state index is 6.42. The Balaban J connectivity index is 2.08. The van der Waals surface area contributed by atoms with Crippen LogP contribution in [-0.4, -0.2) is 47.1 Å². The van der Waals surface area contributed by atoms with Gasteiger partial charge in [0.15, 0.2) is 0 Å². The molecule has 6 nitrogen and oxygen atoms in total. The van der Waals surface area contributed by atoms with Gasteiger partial charge in [0, 0.05) is 18.3 Å². The van der Waals surface area contributed by atoms with E-state index < -0.39 is 0 Å². The van der Waals surface area contributed by atoms with Crippen molar-refractivity contribution in [3.05, 3.63) is 33.9 Å². The second-order valence-electron chi connectivity index (χ2n) is 6.04. The SMILES string of the molecule is Cc1c[nH]c2c(-c3cc(OCCN(C)C)c(Cl)cc3Cl)nc(N)nc12. The van der Waals surface area contributed by atoms with Crippen LogP contribution in [0.2, 0.25) is 10.0 Å². The molecule has 0 spiro atoms. The van der Waals surface area contributed by atoms with Gasteiger partial charge in [0.05, 0.1) is 21.1 Å². The number of hydrogen-bond acceptors (Lipinski definition) is 5. The molecule has 0 bridgehead atoms. The van der Waals surface area contributed by atoms with Gasteiger partial charge in [-0.15, -0.1) is 0 Å². The predicted molar refractivity (Wildman–Crippen MR) is 103 cm³/mol. The fourth-order valence-corrected chi connectivity index (χ4v) is 3.03. The molecule has 0 aliphatic heterocycles. The van der Waals surface area contributed by atoms with Gasteiger partial charge >= 0.3 is 0 Å². The highest BCUT2D eigenvalue weighted by Crippen LogP contribution is 2.38. The maximum absolute atomic E-state index is 6.42. The lowest BCUT2D eigenvalue weighted by Gasteiger charge is -2.14. The number of likely N-dealkylation sites (N-methyl/N-ethyl adjacent to an activating group) is 1. The van der Waals surface area contributed by atoms with Crippen LogP contribution in [-0.2, 0) is 0 Å². The first-order valence-electron chi connectivity index (χ1n) is 7.75. The third kappa shape index (κ3) is 3.66. The van der Waals surface area contributed by atoms with E-state index in [1.807, 2.05) is 32.1 Å². The van der Waals surface area contributed by atoms with Crippen LogP contribution in [0.5, 0.6) is 5.75 Å². The van der Waals surface area contributed by atoms with Gasteiger partial charge in [0.1, 0.15) is 18.1 Å². The number of aromatic nitrogens is 3. The van der Waals surface area contributed by atoms with Crippen molar-refractivity contribution >= 4 is 40.2 Å². The molecule has 0 aliphatic rings. The Hall–Kier alpha value is -2.02. The number of halogens is 2. The standard InChI is InChI=1S/C17H19Cl2N5O/c1-9-8-21-16-14(9)22-17(20)23-15(16)10-6-13(12(19)7-11(10)18)25-5-4-24(2)3/h6-8,21H,4-5H2,1-3H3,(H2,20,22,23). The number of ether oxygens (including phenoxy) is 1. The van der Waals surface area contributed by atoms with Crippen LogP contribution in [0.25, 0.3) is 22.3 Å². The summed E-state index contributed by atoms with van der Waals surface area (Å²) < 4.78 is 5.80. The van der Waals surface area contributed by atoms with Crippen molar-refractivity contribution in [2.75, 3.05) is 33.0 Å². The second kappa shape index (κ2) is 7.07. The van der Waals surface area contributed by atoms with Gasteiger partial charge in [-0.05, 0) is 38.7 Å². The molecule has 0 aliphatic carbocycles. The van der Waals surface area contributed by atoms with Gasteiger partial charge in [0.25, 0.3) is 0 Å². The normalized spacial score (nSPS) is 11.4. The molecular formula is C17H19Cl2N5O. The minimum Gasteiger partial charge on any atom is -0.491 e. The molecule has 2 heterocycles. The summed E-state index contributed by atoms with van der Waals surface area (Å²) in [6.45, 7) is 3.24. The van der Waals surface area contributed by atoms with Crippen molar-refractivity contribution in [3.8, 4) is 17.0 Å². The summed E-state index contributed by atoms with van der Waals surface area (Å²) in [6.07, 6.45) is 1.86. The van der Waals surface area contributed by atoms with Gasteiger partial charge in [0.2, 0.25) is 5.95 Å². The number of aromatic amines is 1. The number of rotatable bonds is 5. The van der Waals surface area contributed by atoms with E-state index >= 15 is 0 Å². The number of nitrogens with zero attached hydrogens (tertiary/aromatic N) is 3.